The molecule has 6 heteroatoms. The van der Waals surface area contributed by atoms with Crippen molar-refractivity contribution in [3.05, 3.63) is 47.3 Å². The van der Waals surface area contributed by atoms with Gasteiger partial charge in [-0.1, -0.05) is 17.7 Å². The Hall–Kier alpha value is -2.04. The van der Waals surface area contributed by atoms with Crippen LogP contribution in [0.2, 0.25) is 0 Å². The standard InChI is InChI=1S/C18H25NO4S/c1-14(2)11-12-19(13-17(20)23-18(4,5)6)24(21,22)16-9-7-15(3)8-10-16/h7-10,12H,13H2,1-6H3. The molecule has 0 unspecified atom stereocenters. The molecule has 0 radical (unpaired) electrons. The molecule has 0 saturated heterocycles. The highest BCUT2D eigenvalue weighted by atomic mass is 32.2. The van der Waals surface area contributed by atoms with E-state index in [0.717, 1.165) is 15.4 Å². The molecular weight excluding hydrogens is 326 g/mol. The number of ether oxygens (including phenoxy) is 1. The van der Waals surface area contributed by atoms with E-state index in [0.29, 0.717) is 0 Å². The van der Waals surface area contributed by atoms with Crippen LogP contribution in [-0.4, -0.2) is 30.8 Å². The molecule has 0 aliphatic carbocycles. The first-order valence-corrected chi connectivity index (χ1v) is 9.06. The number of carbonyl (C=O) groups is 1. The van der Waals surface area contributed by atoms with Crippen LogP contribution in [0.5, 0.6) is 0 Å². The molecule has 24 heavy (non-hydrogen) atoms. The average Bonchev–Trinajstić information content (AvgIpc) is 2.41. The van der Waals surface area contributed by atoms with E-state index in [1.54, 1.807) is 46.8 Å². The van der Waals surface area contributed by atoms with Crippen LogP contribution in [0.25, 0.3) is 0 Å². The van der Waals surface area contributed by atoms with Crippen molar-refractivity contribution in [1.29, 1.82) is 0 Å². The Morgan fingerprint density at radius 2 is 1.75 bits per heavy atom. The van der Waals surface area contributed by atoms with Crippen molar-refractivity contribution in [3.63, 3.8) is 0 Å². The number of benzene rings is 1. The van der Waals surface area contributed by atoms with Crippen molar-refractivity contribution < 1.29 is 17.9 Å². The SMILES string of the molecule is CC(C)=C=CN(CC(=O)OC(C)(C)C)S(=O)(=O)c1ccc(C)cc1. The minimum Gasteiger partial charge on any atom is -0.459 e. The van der Waals surface area contributed by atoms with Gasteiger partial charge in [0, 0.05) is 0 Å². The average molecular weight is 351 g/mol. The lowest BCUT2D eigenvalue weighted by Gasteiger charge is -2.23. The predicted octanol–water partition coefficient (Wildman–Crippen LogP) is 3.41. The van der Waals surface area contributed by atoms with Gasteiger partial charge < -0.3 is 4.74 Å². The number of hydrogen-bond acceptors (Lipinski definition) is 4. The molecule has 0 saturated carbocycles. The molecule has 0 heterocycles. The number of esters is 1. The number of rotatable bonds is 5. The summed E-state index contributed by atoms with van der Waals surface area (Å²) < 4.78 is 31.8. The maximum Gasteiger partial charge on any atom is 0.327 e. The van der Waals surface area contributed by atoms with Crippen molar-refractivity contribution >= 4 is 16.0 Å². The fraction of sp³-hybridized carbons (Fsp3) is 0.444. The summed E-state index contributed by atoms with van der Waals surface area (Å²) in [5.41, 5.74) is 3.89. The van der Waals surface area contributed by atoms with E-state index in [2.05, 4.69) is 5.73 Å². The van der Waals surface area contributed by atoms with Gasteiger partial charge in [-0.3, -0.25) is 9.10 Å². The highest BCUT2D eigenvalue weighted by molar-refractivity contribution is 7.89. The molecule has 0 N–H and O–H groups in total. The minimum atomic E-state index is -3.86. The van der Waals surface area contributed by atoms with Crippen LogP contribution in [0.15, 0.2) is 46.7 Å². The van der Waals surface area contributed by atoms with E-state index < -0.39 is 28.1 Å². The van der Waals surface area contributed by atoms with Crippen molar-refractivity contribution in [2.45, 2.75) is 52.0 Å². The van der Waals surface area contributed by atoms with E-state index >= 15 is 0 Å². The lowest BCUT2D eigenvalue weighted by Crippen LogP contribution is -2.35. The van der Waals surface area contributed by atoms with Crippen molar-refractivity contribution in [2.75, 3.05) is 6.54 Å². The number of aryl methyl sites for hydroxylation is 1. The van der Waals surface area contributed by atoms with Gasteiger partial charge in [0.15, 0.2) is 0 Å². The Kier molecular flexibility index (Phi) is 6.41. The number of carbonyl (C=O) groups excluding carboxylic acids is 1. The molecule has 1 aromatic carbocycles. The Labute approximate surface area is 144 Å². The predicted molar refractivity (Wildman–Crippen MR) is 93.9 cm³/mol. The van der Waals surface area contributed by atoms with Crippen LogP contribution in [0.3, 0.4) is 0 Å². The highest BCUT2D eigenvalue weighted by Crippen LogP contribution is 2.18. The van der Waals surface area contributed by atoms with Crippen LogP contribution in [-0.2, 0) is 19.6 Å². The van der Waals surface area contributed by atoms with Gasteiger partial charge >= 0.3 is 5.97 Å². The fourth-order valence-corrected chi connectivity index (χ4v) is 2.97. The van der Waals surface area contributed by atoms with Crippen LogP contribution >= 0.6 is 0 Å². The maximum absolute atomic E-state index is 12.8. The molecule has 132 valence electrons. The Bertz CT molecular complexity index is 745. The lowest BCUT2D eigenvalue weighted by atomic mass is 10.2. The first kappa shape index (κ1) is 20.0. The monoisotopic (exact) mass is 351 g/mol. The van der Waals surface area contributed by atoms with E-state index in [9.17, 15) is 13.2 Å². The van der Waals surface area contributed by atoms with Crippen LogP contribution in [0.1, 0.15) is 40.2 Å². The second kappa shape index (κ2) is 7.69. The third-order valence-corrected chi connectivity index (χ3v) is 4.55. The van der Waals surface area contributed by atoms with Crippen LogP contribution in [0, 0.1) is 6.92 Å². The van der Waals surface area contributed by atoms with Gasteiger partial charge in [0.1, 0.15) is 12.1 Å². The van der Waals surface area contributed by atoms with Crippen molar-refractivity contribution in [1.82, 2.24) is 4.31 Å². The maximum atomic E-state index is 12.8. The summed E-state index contributed by atoms with van der Waals surface area (Å²) in [6, 6.07) is 6.46. The molecule has 0 aliphatic rings. The molecule has 5 nitrogen and oxygen atoms in total. The zero-order valence-electron chi connectivity index (χ0n) is 15.1. The fourth-order valence-electron chi connectivity index (χ4n) is 1.75. The van der Waals surface area contributed by atoms with Gasteiger partial charge in [0.05, 0.1) is 11.1 Å². The second-order valence-corrected chi connectivity index (χ2v) is 8.61. The van der Waals surface area contributed by atoms with Crippen molar-refractivity contribution in [3.8, 4) is 0 Å². The molecule has 0 aromatic heterocycles. The summed E-state index contributed by atoms with van der Waals surface area (Å²) in [5.74, 6) is -0.620. The van der Waals surface area contributed by atoms with Gasteiger partial charge in [-0.15, -0.1) is 5.73 Å². The number of hydrogen-bond donors (Lipinski definition) is 0. The van der Waals surface area contributed by atoms with Gasteiger partial charge in [-0.05, 0) is 59.2 Å². The summed E-state index contributed by atoms with van der Waals surface area (Å²) in [6.45, 7) is 10.2. The summed E-state index contributed by atoms with van der Waals surface area (Å²) in [5, 5.41) is 0. The highest BCUT2D eigenvalue weighted by Gasteiger charge is 2.26. The summed E-state index contributed by atoms with van der Waals surface area (Å²) in [4.78, 5) is 12.2. The van der Waals surface area contributed by atoms with E-state index in [-0.39, 0.29) is 4.90 Å². The third kappa shape index (κ3) is 6.22. The molecule has 0 fully saturated rings. The van der Waals surface area contributed by atoms with Gasteiger partial charge in [-0.2, -0.15) is 0 Å². The molecule has 0 atom stereocenters. The number of allylic oxidation sites excluding steroid dienone is 1. The number of nitrogens with zero attached hydrogens (tertiary/aromatic N) is 1. The van der Waals surface area contributed by atoms with Gasteiger partial charge in [0.25, 0.3) is 10.0 Å². The van der Waals surface area contributed by atoms with Gasteiger partial charge in [-0.25, -0.2) is 8.42 Å². The van der Waals surface area contributed by atoms with E-state index in [1.165, 1.54) is 18.3 Å². The van der Waals surface area contributed by atoms with Crippen LogP contribution < -0.4 is 0 Å². The quantitative estimate of drug-likeness (QED) is 0.602. The third-order valence-electron chi connectivity index (χ3n) is 2.83. The molecule has 0 bridgehead atoms. The minimum absolute atomic E-state index is 0.114. The molecule has 0 aliphatic heterocycles. The summed E-state index contributed by atoms with van der Waals surface area (Å²) >= 11 is 0. The molecule has 1 rings (SSSR count). The first-order chi connectivity index (χ1) is 10.9. The van der Waals surface area contributed by atoms with Crippen LogP contribution in [0.4, 0.5) is 0 Å². The summed E-state index contributed by atoms with van der Waals surface area (Å²) in [6.07, 6.45) is 1.27. The second-order valence-electron chi connectivity index (χ2n) is 6.72. The zero-order valence-corrected chi connectivity index (χ0v) is 15.9. The smallest absolute Gasteiger partial charge is 0.327 e. The molecule has 1 aromatic rings. The van der Waals surface area contributed by atoms with Gasteiger partial charge in [0.2, 0.25) is 0 Å². The lowest BCUT2D eigenvalue weighted by molar-refractivity contribution is -0.154. The first-order valence-electron chi connectivity index (χ1n) is 7.62. The molecular formula is C18H25NO4S. The number of sulfonamides is 1. The normalized spacial score (nSPS) is 11.4. The largest absolute Gasteiger partial charge is 0.459 e. The Balaban J connectivity index is 3.20. The molecule has 0 spiro atoms. The van der Waals surface area contributed by atoms with Crippen molar-refractivity contribution in [2.24, 2.45) is 0 Å². The van der Waals surface area contributed by atoms with E-state index in [4.69, 9.17) is 4.74 Å². The molecule has 0 amide bonds. The van der Waals surface area contributed by atoms with E-state index in [1.807, 2.05) is 6.92 Å². The zero-order chi connectivity index (χ0) is 18.5. The Morgan fingerprint density at radius 3 is 2.21 bits per heavy atom. The Morgan fingerprint density at radius 1 is 1.21 bits per heavy atom. The summed E-state index contributed by atoms with van der Waals surface area (Å²) in [7, 11) is -3.86. The topological polar surface area (TPSA) is 63.7 Å².